The summed E-state index contributed by atoms with van der Waals surface area (Å²) in [6.07, 6.45) is -4.65. The lowest BCUT2D eigenvalue weighted by atomic mass is 10.3. The summed E-state index contributed by atoms with van der Waals surface area (Å²) in [4.78, 5) is 11.7. The lowest BCUT2D eigenvalue weighted by Gasteiger charge is -2.10. The summed E-state index contributed by atoms with van der Waals surface area (Å²) in [5, 5.41) is 6.34. The summed E-state index contributed by atoms with van der Waals surface area (Å²) in [6.45, 7) is 1.43. The molecule has 0 saturated carbocycles. The number of urea groups is 1. The fourth-order valence-corrected chi connectivity index (χ4v) is 4.06. The van der Waals surface area contributed by atoms with Gasteiger partial charge < -0.3 is 5.32 Å². The van der Waals surface area contributed by atoms with Crippen LogP contribution in [0.5, 0.6) is 0 Å². The van der Waals surface area contributed by atoms with Crippen LogP contribution in [0, 0.1) is 6.92 Å². The van der Waals surface area contributed by atoms with Crippen LogP contribution in [0.3, 0.4) is 0 Å². The number of benzene rings is 2. The summed E-state index contributed by atoms with van der Waals surface area (Å²) < 4.78 is 66.6. The van der Waals surface area contributed by atoms with Crippen LogP contribution in [-0.2, 0) is 16.2 Å². The largest absolute Gasteiger partial charge is 0.436 e. The van der Waals surface area contributed by atoms with E-state index in [4.69, 9.17) is 11.6 Å². The molecule has 1 aromatic heterocycles. The number of nitrogens with one attached hydrogen (secondary N) is 2. The number of carbonyl (C=O) groups is 1. The maximum Gasteiger partial charge on any atom is 0.436 e. The second-order valence-corrected chi connectivity index (χ2v) is 9.13. The molecule has 0 aliphatic rings. The Bertz CT molecular complexity index is 1230. The number of sulfonamides is 1. The Hall–Kier alpha value is -2.57. The second kappa shape index (κ2) is 8.52. The number of anilines is 1. The Kier molecular flexibility index (Phi) is 6.35. The lowest BCUT2D eigenvalue weighted by Crippen LogP contribution is -2.34. The Labute approximate surface area is 188 Å². The molecule has 0 aliphatic carbocycles. The van der Waals surface area contributed by atoms with Crippen molar-refractivity contribution >= 4 is 49.3 Å². The third-order valence-corrected chi connectivity index (χ3v) is 6.58. The molecule has 3 rings (SSSR count). The number of nitrogens with zero attached hydrogens (tertiary/aromatic N) is 2. The fourth-order valence-electron chi connectivity index (χ4n) is 2.55. The zero-order valence-electron chi connectivity index (χ0n) is 15.5. The Balaban J connectivity index is 1.79. The van der Waals surface area contributed by atoms with E-state index in [1.807, 2.05) is 4.72 Å². The Morgan fingerprint density at radius 3 is 2.19 bits per heavy atom. The quantitative estimate of drug-likeness (QED) is 0.483. The minimum atomic E-state index is -4.65. The minimum Gasteiger partial charge on any atom is -0.307 e. The molecule has 0 fully saturated rings. The van der Waals surface area contributed by atoms with E-state index < -0.39 is 27.9 Å². The smallest absolute Gasteiger partial charge is 0.307 e. The topological polar surface area (TPSA) is 93.1 Å². The van der Waals surface area contributed by atoms with Gasteiger partial charge in [0.1, 0.15) is 0 Å². The molecular weight excluding hydrogens is 525 g/mol. The molecule has 1 heterocycles. The van der Waals surface area contributed by atoms with Crippen molar-refractivity contribution in [3.8, 4) is 5.69 Å². The first-order chi connectivity index (χ1) is 14.4. The summed E-state index contributed by atoms with van der Waals surface area (Å²) in [5.41, 5.74) is -0.378. The maximum absolute atomic E-state index is 13.0. The van der Waals surface area contributed by atoms with Crippen LogP contribution in [0.25, 0.3) is 5.69 Å². The molecule has 0 aliphatic heterocycles. The molecule has 0 radical (unpaired) electrons. The van der Waals surface area contributed by atoms with E-state index in [0.29, 0.717) is 10.7 Å². The maximum atomic E-state index is 13.0. The van der Waals surface area contributed by atoms with Gasteiger partial charge in [-0.05, 0) is 71.4 Å². The molecule has 0 saturated heterocycles. The van der Waals surface area contributed by atoms with Gasteiger partial charge in [0.2, 0.25) is 0 Å². The number of carbonyl (C=O) groups excluding carboxylic acids is 1. The van der Waals surface area contributed by atoms with Crippen LogP contribution < -0.4 is 10.0 Å². The van der Waals surface area contributed by atoms with E-state index in [-0.39, 0.29) is 20.7 Å². The molecule has 0 atom stereocenters. The Morgan fingerprint density at radius 2 is 1.68 bits per heavy atom. The first-order valence-corrected chi connectivity index (χ1v) is 11.1. The number of aromatic nitrogens is 2. The molecule has 7 nitrogen and oxygen atoms in total. The predicted octanol–water partition coefficient (Wildman–Crippen LogP) is 5.13. The van der Waals surface area contributed by atoms with E-state index in [2.05, 4.69) is 26.3 Å². The zero-order valence-corrected chi connectivity index (χ0v) is 18.7. The van der Waals surface area contributed by atoms with Gasteiger partial charge in [-0.3, -0.25) is 0 Å². The number of rotatable bonds is 4. The van der Waals surface area contributed by atoms with Gasteiger partial charge in [-0.25, -0.2) is 22.6 Å². The summed E-state index contributed by atoms with van der Waals surface area (Å²) in [5.74, 6) is 0. The van der Waals surface area contributed by atoms with E-state index >= 15 is 0 Å². The van der Waals surface area contributed by atoms with Crippen LogP contribution in [0.4, 0.5) is 23.7 Å². The standard InChI is InChI=1S/C18H13BrClF3N4O3S/c1-10-15(19)16(18(21,22)23)25-27(10)13-6-8-14(9-7-13)31(29,30)26-17(28)24-12-4-2-11(20)3-5-12/h2-9H,1H3,(H2,24,26,28). The summed E-state index contributed by atoms with van der Waals surface area (Å²) in [6, 6.07) is 9.87. The molecular formula is C18H13BrClF3N4O3S. The second-order valence-electron chi connectivity index (χ2n) is 6.22. The first-order valence-electron chi connectivity index (χ1n) is 8.40. The molecule has 164 valence electrons. The average molecular weight is 538 g/mol. The number of hydrogen-bond donors (Lipinski definition) is 2. The van der Waals surface area contributed by atoms with Crippen molar-refractivity contribution in [1.82, 2.24) is 14.5 Å². The van der Waals surface area contributed by atoms with Crippen LogP contribution in [0.2, 0.25) is 5.02 Å². The lowest BCUT2D eigenvalue weighted by molar-refractivity contribution is -0.141. The van der Waals surface area contributed by atoms with Gasteiger partial charge in [0.05, 0.1) is 20.7 Å². The van der Waals surface area contributed by atoms with Crippen molar-refractivity contribution in [2.24, 2.45) is 0 Å². The molecule has 13 heteroatoms. The number of amides is 2. The third kappa shape index (κ3) is 5.20. The fraction of sp³-hybridized carbons (Fsp3) is 0.111. The normalized spacial score (nSPS) is 11.9. The van der Waals surface area contributed by atoms with Gasteiger partial charge in [0, 0.05) is 10.7 Å². The average Bonchev–Trinajstić information content (AvgIpc) is 2.98. The highest BCUT2D eigenvalue weighted by atomic mass is 79.9. The summed E-state index contributed by atoms with van der Waals surface area (Å²) >= 11 is 8.62. The van der Waals surface area contributed by atoms with Crippen LogP contribution in [0.1, 0.15) is 11.4 Å². The summed E-state index contributed by atoms with van der Waals surface area (Å²) in [7, 11) is -4.23. The van der Waals surface area contributed by atoms with Crippen molar-refractivity contribution < 1.29 is 26.4 Å². The minimum absolute atomic E-state index is 0.184. The molecule has 0 unspecified atom stereocenters. The van der Waals surface area contributed by atoms with Gasteiger partial charge in [-0.15, -0.1) is 0 Å². The number of hydrogen-bond acceptors (Lipinski definition) is 4. The number of alkyl halides is 3. The highest BCUT2D eigenvalue weighted by molar-refractivity contribution is 9.10. The van der Waals surface area contributed by atoms with Crippen molar-refractivity contribution in [2.45, 2.75) is 18.0 Å². The molecule has 31 heavy (non-hydrogen) atoms. The van der Waals surface area contributed by atoms with Gasteiger partial charge in [0.15, 0.2) is 5.69 Å². The third-order valence-electron chi connectivity index (χ3n) is 4.03. The Morgan fingerprint density at radius 1 is 1.10 bits per heavy atom. The first kappa shape index (κ1) is 23.1. The van der Waals surface area contributed by atoms with Crippen molar-refractivity contribution in [2.75, 3.05) is 5.32 Å². The zero-order chi connectivity index (χ0) is 23.0. The van der Waals surface area contributed by atoms with Gasteiger partial charge in [-0.2, -0.15) is 18.3 Å². The van der Waals surface area contributed by atoms with Gasteiger partial charge in [-0.1, -0.05) is 11.6 Å². The molecule has 0 bridgehead atoms. The van der Waals surface area contributed by atoms with E-state index in [0.717, 1.165) is 16.8 Å². The van der Waals surface area contributed by atoms with Crippen molar-refractivity contribution in [1.29, 1.82) is 0 Å². The van der Waals surface area contributed by atoms with Crippen molar-refractivity contribution in [3.05, 3.63) is 69.4 Å². The molecule has 2 aromatic carbocycles. The highest BCUT2D eigenvalue weighted by Crippen LogP contribution is 2.36. The molecule has 3 aromatic rings. The predicted molar refractivity (Wildman–Crippen MR) is 112 cm³/mol. The van der Waals surface area contributed by atoms with Crippen LogP contribution in [0.15, 0.2) is 57.9 Å². The van der Waals surface area contributed by atoms with Crippen LogP contribution >= 0.6 is 27.5 Å². The van der Waals surface area contributed by atoms with Crippen LogP contribution in [-0.4, -0.2) is 24.2 Å². The molecule has 0 spiro atoms. The van der Waals surface area contributed by atoms with Gasteiger partial charge >= 0.3 is 12.2 Å². The monoisotopic (exact) mass is 536 g/mol. The van der Waals surface area contributed by atoms with Crippen molar-refractivity contribution in [3.63, 3.8) is 0 Å². The SMILES string of the molecule is Cc1c(Br)c(C(F)(F)F)nn1-c1ccc(S(=O)(=O)NC(=O)Nc2ccc(Cl)cc2)cc1. The van der Waals surface area contributed by atoms with Gasteiger partial charge in [0.25, 0.3) is 10.0 Å². The van der Waals surface area contributed by atoms with E-state index in [1.54, 1.807) is 0 Å². The highest BCUT2D eigenvalue weighted by Gasteiger charge is 2.38. The van der Waals surface area contributed by atoms with E-state index in [1.165, 1.54) is 43.3 Å². The number of halogens is 5. The molecule has 2 N–H and O–H groups in total. The van der Waals surface area contributed by atoms with E-state index in [9.17, 15) is 26.4 Å². The molecule has 2 amide bonds.